The summed E-state index contributed by atoms with van der Waals surface area (Å²) in [5.41, 5.74) is 2.68. The van der Waals surface area contributed by atoms with E-state index >= 15 is 0 Å². The molecule has 1 atom stereocenters. The van der Waals surface area contributed by atoms with Gasteiger partial charge in [-0.25, -0.2) is 0 Å². The Morgan fingerprint density at radius 3 is 2.86 bits per heavy atom. The molecule has 1 unspecified atom stereocenters. The molecule has 0 aliphatic heterocycles. The fourth-order valence-electron chi connectivity index (χ4n) is 1.30. The topological polar surface area (TPSA) is 29.5 Å². The van der Waals surface area contributed by atoms with Gasteiger partial charge in [0.1, 0.15) is 0 Å². The van der Waals surface area contributed by atoms with Crippen molar-refractivity contribution >= 4 is 0 Å². The van der Waals surface area contributed by atoms with Crippen LogP contribution < -0.4 is 0 Å². The van der Waals surface area contributed by atoms with Crippen molar-refractivity contribution in [1.29, 1.82) is 0 Å². The van der Waals surface area contributed by atoms with Crippen LogP contribution in [0.1, 0.15) is 24.2 Å². The van der Waals surface area contributed by atoms with Crippen molar-refractivity contribution in [1.82, 2.24) is 0 Å². The second kappa shape index (κ2) is 4.94. The van der Waals surface area contributed by atoms with E-state index < -0.39 is 6.10 Å². The first-order valence-electron chi connectivity index (χ1n) is 4.56. The summed E-state index contributed by atoms with van der Waals surface area (Å²) in [4.78, 5) is 0. The quantitative estimate of drug-likeness (QED) is 0.742. The summed E-state index contributed by atoms with van der Waals surface area (Å²) in [7, 11) is 1.65. The minimum atomic E-state index is -0.577. The molecule has 0 heterocycles. The first-order valence-corrected chi connectivity index (χ1v) is 4.56. The van der Waals surface area contributed by atoms with Crippen LogP contribution in [0.3, 0.4) is 0 Å². The Balaban J connectivity index is 2.87. The highest BCUT2D eigenvalue weighted by Gasteiger charge is 2.07. The molecular weight excluding hydrogens is 176 g/mol. The third kappa shape index (κ3) is 2.69. The Hall–Kier alpha value is -1.12. The molecule has 0 saturated heterocycles. The molecule has 14 heavy (non-hydrogen) atoms. The maximum Gasteiger partial charge on any atom is 0.0995 e. The van der Waals surface area contributed by atoms with Gasteiger partial charge in [-0.2, -0.15) is 0 Å². The molecule has 0 amide bonds. The maximum absolute atomic E-state index is 9.75. The zero-order valence-corrected chi connectivity index (χ0v) is 8.66. The largest absolute Gasteiger partial charge is 0.384 e. The van der Waals surface area contributed by atoms with Gasteiger partial charge in [-0.3, -0.25) is 0 Å². The smallest absolute Gasteiger partial charge is 0.0995 e. The molecule has 2 heteroatoms. The van der Waals surface area contributed by atoms with E-state index in [9.17, 15) is 5.11 Å². The standard InChI is InChI=1S/C12H16O2/c1-9(2)12(13)11-6-4-5-10(7-11)8-14-3/h4-7,12-13H,1,8H2,2-3H3. The lowest BCUT2D eigenvalue weighted by Gasteiger charge is -2.11. The van der Waals surface area contributed by atoms with E-state index in [1.807, 2.05) is 31.2 Å². The van der Waals surface area contributed by atoms with E-state index in [-0.39, 0.29) is 0 Å². The van der Waals surface area contributed by atoms with Gasteiger partial charge in [-0.15, -0.1) is 0 Å². The van der Waals surface area contributed by atoms with Crippen LogP contribution in [-0.4, -0.2) is 12.2 Å². The Morgan fingerprint density at radius 2 is 2.29 bits per heavy atom. The molecule has 1 aromatic carbocycles. The summed E-state index contributed by atoms with van der Waals surface area (Å²) < 4.78 is 5.02. The van der Waals surface area contributed by atoms with E-state index in [0.29, 0.717) is 6.61 Å². The van der Waals surface area contributed by atoms with Gasteiger partial charge in [0.25, 0.3) is 0 Å². The van der Waals surface area contributed by atoms with E-state index in [4.69, 9.17) is 4.74 Å². The van der Waals surface area contributed by atoms with Crippen LogP contribution in [0.5, 0.6) is 0 Å². The molecule has 0 bridgehead atoms. The van der Waals surface area contributed by atoms with E-state index in [0.717, 1.165) is 16.7 Å². The molecule has 0 radical (unpaired) electrons. The molecule has 0 aliphatic carbocycles. The maximum atomic E-state index is 9.75. The summed E-state index contributed by atoms with van der Waals surface area (Å²) >= 11 is 0. The van der Waals surface area contributed by atoms with Gasteiger partial charge < -0.3 is 9.84 Å². The van der Waals surface area contributed by atoms with Gasteiger partial charge >= 0.3 is 0 Å². The Kier molecular flexibility index (Phi) is 3.86. The predicted octanol–water partition coefficient (Wildman–Crippen LogP) is 2.44. The number of hydrogen-bond donors (Lipinski definition) is 1. The van der Waals surface area contributed by atoms with Crippen LogP contribution in [0.25, 0.3) is 0 Å². The molecule has 0 saturated carbocycles. The highest BCUT2D eigenvalue weighted by atomic mass is 16.5. The zero-order chi connectivity index (χ0) is 10.6. The number of aliphatic hydroxyl groups excluding tert-OH is 1. The van der Waals surface area contributed by atoms with Gasteiger partial charge in [-0.1, -0.05) is 30.8 Å². The van der Waals surface area contributed by atoms with Gasteiger partial charge in [0.05, 0.1) is 12.7 Å². The zero-order valence-electron chi connectivity index (χ0n) is 8.66. The third-order valence-electron chi connectivity index (χ3n) is 2.04. The highest BCUT2D eigenvalue weighted by Crippen LogP contribution is 2.20. The Bertz CT molecular complexity index is 318. The number of rotatable bonds is 4. The average Bonchev–Trinajstić information content (AvgIpc) is 2.17. The van der Waals surface area contributed by atoms with Crippen LogP contribution in [-0.2, 0) is 11.3 Å². The van der Waals surface area contributed by atoms with E-state index in [1.165, 1.54) is 0 Å². The molecular formula is C12H16O2. The molecule has 0 aromatic heterocycles. The fourth-order valence-corrected chi connectivity index (χ4v) is 1.30. The summed E-state index contributed by atoms with van der Waals surface area (Å²) in [6.45, 7) is 6.11. The van der Waals surface area contributed by atoms with E-state index in [2.05, 4.69) is 6.58 Å². The van der Waals surface area contributed by atoms with Crippen molar-refractivity contribution in [3.05, 3.63) is 47.5 Å². The summed E-state index contributed by atoms with van der Waals surface area (Å²) in [5.74, 6) is 0. The van der Waals surface area contributed by atoms with Crippen molar-refractivity contribution in [2.24, 2.45) is 0 Å². The Labute approximate surface area is 84.8 Å². The number of benzene rings is 1. The van der Waals surface area contributed by atoms with Crippen LogP contribution in [0.4, 0.5) is 0 Å². The fraction of sp³-hybridized carbons (Fsp3) is 0.333. The van der Waals surface area contributed by atoms with Crippen LogP contribution >= 0.6 is 0 Å². The monoisotopic (exact) mass is 192 g/mol. The van der Waals surface area contributed by atoms with Crippen molar-refractivity contribution in [2.75, 3.05) is 7.11 Å². The van der Waals surface area contributed by atoms with Crippen molar-refractivity contribution < 1.29 is 9.84 Å². The molecule has 0 spiro atoms. The second-order valence-electron chi connectivity index (χ2n) is 3.43. The predicted molar refractivity (Wildman–Crippen MR) is 56.9 cm³/mol. The Morgan fingerprint density at radius 1 is 1.57 bits per heavy atom. The molecule has 1 rings (SSSR count). The molecule has 1 aromatic rings. The van der Waals surface area contributed by atoms with Crippen molar-refractivity contribution in [3.8, 4) is 0 Å². The van der Waals surface area contributed by atoms with Gasteiger partial charge in [0.15, 0.2) is 0 Å². The first-order chi connectivity index (χ1) is 6.65. The third-order valence-corrected chi connectivity index (χ3v) is 2.04. The summed E-state index contributed by atoms with van der Waals surface area (Å²) in [6, 6.07) is 7.70. The SMILES string of the molecule is C=C(C)C(O)c1cccc(COC)c1. The van der Waals surface area contributed by atoms with Crippen molar-refractivity contribution in [2.45, 2.75) is 19.6 Å². The molecule has 0 aliphatic rings. The average molecular weight is 192 g/mol. The van der Waals surface area contributed by atoms with E-state index in [1.54, 1.807) is 7.11 Å². The molecule has 76 valence electrons. The number of methoxy groups -OCH3 is 1. The molecule has 2 nitrogen and oxygen atoms in total. The summed E-state index contributed by atoms with van der Waals surface area (Å²) in [5, 5.41) is 9.75. The number of hydrogen-bond acceptors (Lipinski definition) is 2. The van der Waals surface area contributed by atoms with Gasteiger partial charge in [0, 0.05) is 7.11 Å². The number of ether oxygens (including phenoxy) is 1. The first kappa shape index (κ1) is 11.0. The number of aliphatic hydroxyl groups is 1. The van der Waals surface area contributed by atoms with Gasteiger partial charge in [0.2, 0.25) is 0 Å². The summed E-state index contributed by atoms with van der Waals surface area (Å²) in [6.07, 6.45) is -0.577. The lowest BCUT2D eigenvalue weighted by molar-refractivity contribution is 0.184. The van der Waals surface area contributed by atoms with Crippen LogP contribution in [0, 0.1) is 0 Å². The molecule has 1 N–H and O–H groups in total. The minimum absolute atomic E-state index is 0.566. The van der Waals surface area contributed by atoms with Crippen molar-refractivity contribution in [3.63, 3.8) is 0 Å². The second-order valence-corrected chi connectivity index (χ2v) is 3.43. The highest BCUT2D eigenvalue weighted by molar-refractivity contribution is 5.28. The van der Waals surface area contributed by atoms with Crippen LogP contribution in [0.2, 0.25) is 0 Å². The van der Waals surface area contributed by atoms with Crippen LogP contribution in [0.15, 0.2) is 36.4 Å². The normalized spacial score (nSPS) is 12.5. The lowest BCUT2D eigenvalue weighted by atomic mass is 10.0. The lowest BCUT2D eigenvalue weighted by Crippen LogP contribution is -1.99. The minimum Gasteiger partial charge on any atom is -0.384 e. The van der Waals surface area contributed by atoms with Gasteiger partial charge in [-0.05, 0) is 23.6 Å². The molecule has 0 fully saturated rings.